The summed E-state index contributed by atoms with van der Waals surface area (Å²) in [6.45, 7) is 6.84. The lowest BCUT2D eigenvalue weighted by molar-refractivity contribution is -0.123. The van der Waals surface area contributed by atoms with Crippen LogP contribution in [0.4, 0.5) is 0 Å². The second kappa shape index (κ2) is 8.48. The average molecular weight is 255 g/mol. The molecule has 1 rings (SSSR count). The summed E-state index contributed by atoms with van der Waals surface area (Å²) in [6.07, 6.45) is 5.91. The number of rotatable bonds is 7. The fraction of sp³-hybridized carbons (Fsp3) is 0.929. The van der Waals surface area contributed by atoms with Crippen LogP contribution in [0.1, 0.15) is 46.0 Å². The third-order valence-corrected chi connectivity index (χ3v) is 3.84. The topological polar surface area (TPSA) is 44.4 Å². The third kappa shape index (κ3) is 5.36. The fourth-order valence-corrected chi connectivity index (χ4v) is 2.51. The summed E-state index contributed by atoms with van der Waals surface area (Å²) in [5.41, 5.74) is 0. The molecule has 2 atom stereocenters. The first-order chi connectivity index (χ1) is 8.67. The highest BCUT2D eigenvalue weighted by Crippen LogP contribution is 2.18. The van der Waals surface area contributed by atoms with Gasteiger partial charge in [0, 0.05) is 12.1 Å². The molecule has 0 radical (unpaired) electrons. The van der Waals surface area contributed by atoms with Crippen LogP contribution in [0.2, 0.25) is 0 Å². The molecule has 2 unspecified atom stereocenters. The van der Waals surface area contributed by atoms with Crippen molar-refractivity contribution in [2.24, 2.45) is 0 Å². The lowest BCUT2D eigenvalue weighted by atomic mass is 9.99. The van der Waals surface area contributed by atoms with Gasteiger partial charge in [-0.2, -0.15) is 0 Å². The summed E-state index contributed by atoms with van der Waals surface area (Å²) in [5.74, 6) is 0.181. The highest BCUT2D eigenvalue weighted by molar-refractivity contribution is 5.78. The summed E-state index contributed by atoms with van der Waals surface area (Å²) >= 11 is 0. The minimum Gasteiger partial charge on any atom is -0.353 e. The molecule has 4 heteroatoms. The van der Waals surface area contributed by atoms with Crippen molar-refractivity contribution in [3.63, 3.8) is 0 Å². The molecule has 0 saturated carbocycles. The van der Waals surface area contributed by atoms with E-state index in [9.17, 15) is 4.79 Å². The van der Waals surface area contributed by atoms with E-state index < -0.39 is 0 Å². The molecule has 4 nitrogen and oxygen atoms in total. The van der Waals surface area contributed by atoms with Crippen molar-refractivity contribution in [2.45, 2.75) is 58.0 Å². The Morgan fingerprint density at radius 3 is 2.89 bits per heavy atom. The van der Waals surface area contributed by atoms with Crippen LogP contribution in [-0.4, -0.2) is 49.6 Å². The first kappa shape index (κ1) is 15.4. The van der Waals surface area contributed by atoms with E-state index in [1.165, 1.54) is 19.3 Å². The van der Waals surface area contributed by atoms with Gasteiger partial charge in [0.05, 0.1) is 6.54 Å². The first-order valence-corrected chi connectivity index (χ1v) is 7.35. The minimum atomic E-state index is 0.181. The zero-order valence-electron chi connectivity index (χ0n) is 12.2. The van der Waals surface area contributed by atoms with Crippen LogP contribution in [0, 0.1) is 0 Å². The van der Waals surface area contributed by atoms with E-state index in [2.05, 4.69) is 29.4 Å². The van der Waals surface area contributed by atoms with Crippen molar-refractivity contribution >= 4 is 5.91 Å². The van der Waals surface area contributed by atoms with Crippen LogP contribution in [0.15, 0.2) is 0 Å². The number of likely N-dealkylation sites (tertiary alicyclic amines) is 1. The molecule has 1 aliphatic heterocycles. The van der Waals surface area contributed by atoms with Crippen molar-refractivity contribution in [2.75, 3.05) is 26.7 Å². The second-order valence-corrected chi connectivity index (χ2v) is 5.39. The van der Waals surface area contributed by atoms with Gasteiger partial charge < -0.3 is 10.6 Å². The smallest absolute Gasteiger partial charge is 0.234 e. The number of carbonyl (C=O) groups is 1. The minimum absolute atomic E-state index is 0.181. The van der Waals surface area contributed by atoms with Crippen LogP contribution in [-0.2, 0) is 4.79 Å². The average Bonchev–Trinajstić information content (AvgIpc) is 2.37. The van der Waals surface area contributed by atoms with Gasteiger partial charge >= 0.3 is 0 Å². The summed E-state index contributed by atoms with van der Waals surface area (Å²) in [5, 5.41) is 6.26. The van der Waals surface area contributed by atoms with E-state index >= 15 is 0 Å². The molecular formula is C14H29N3O. The quantitative estimate of drug-likeness (QED) is 0.722. The van der Waals surface area contributed by atoms with E-state index in [4.69, 9.17) is 0 Å². The highest BCUT2D eigenvalue weighted by Gasteiger charge is 2.23. The van der Waals surface area contributed by atoms with E-state index in [0.717, 1.165) is 25.9 Å². The number of nitrogens with zero attached hydrogens (tertiary/aromatic N) is 1. The fourth-order valence-electron chi connectivity index (χ4n) is 2.51. The summed E-state index contributed by atoms with van der Waals surface area (Å²) in [7, 11) is 1.99. The second-order valence-electron chi connectivity index (χ2n) is 5.39. The Labute approximate surface area is 111 Å². The molecule has 106 valence electrons. The Bertz CT molecular complexity index is 245. The Balaban J connectivity index is 2.38. The first-order valence-electron chi connectivity index (χ1n) is 7.35. The molecule has 2 N–H and O–H groups in total. The van der Waals surface area contributed by atoms with Crippen molar-refractivity contribution in [1.82, 2.24) is 15.5 Å². The molecule has 18 heavy (non-hydrogen) atoms. The lowest BCUT2D eigenvalue weighted by Crippen LogP contribution is -2.47. The van der Waals surface area contributed by atoms with Crippen molar-refractivity contribution in [1.29, 1.82) is 0 Å². The van der Waals surface area contributed by atoms with Gasteiger partial charge in [-0.3, -0.25) is 9.69 Å². The van der Waals surface area contributed by atoms with Gasteiger partial charge in [-0.1, -0.05) is 13.3 Å². The summed E-state index contributed by atoms with van der Waals surface area (Å²) in [4.78, 5) is 14.3. The predicted octanol–water partition coefficient (Wildman–Crippen LogP) is 1.37. The molecular weight excluding hydrogens is 226 g/mol. The van der Waals surface area contributed by atoms with Gasteiger partial charge in [-0.05, 0) is 52.7 Å². The van der Waals surface area contributed by atoms with Gasteiger partial charge in [0.1, 0.15) is 0 Å². The normalized spacial score (nSPS) is 22.7. The van der Waals surface area contributed by atoms with Crippen molar-refractivity contribution < 1.29 is 4.79 Å². The Kier molecular flexibility index (Phi) is 7.28. The molecule has 0 spiro atoms. The Hall–Kier alpha value is -0.610. The van der Waals surface area contributed by atoms with E-state index in [1.54, 1.807) is 0 Å². The van der Waals surface area contributed by atoms with E-state index in [0.29, 0.717) is 12.6 Å². The number of amides is 1. The zero-order valence-corrected chi connectivity index (χ0v) is 12.2. The zero-order chi connectivity index (χ0) is 13.4. The van der Waals surface area contributed by atoms with Crippen LogP contribution in [0.5, 0.6) is 0 Å². The van der Waals surface area contributed by atoms with Crippen LogP contribution < -0.4 is 10.6 Å². The molecule has 0 bridgehead atoms. The highest BCUT2D eigenvalue weighted by atomic mass is 16.2. The van der Waals surface area contributed by atoms with Gasteiger partial charge in [0.15, 0.2) is 0 Å². The molecule has 1 heterocycles. The Morgan fingerprint density at radius 2 is 2.22 bits per heavy atom. The number of hydrogen-bond acceptors (Lipinski definition) is 3. The molecule has 0 aromatic carbocycles. The third-order valence-electron chi connectivity index (χ3n) is 3.84. The van der Waals surface area contributed by atoms with Crippen LogP contribution in [0.3, 0.4) is 0 Å². The number of piperidine rings is 1. The maximum absolute atomic E-state index is 11.9. The van der Waals surface area contributed by atoms with Crippen molar-refractivity contribution in [3.8, 4) is 0 Å². The number of nitrogens with one attached hydrogen (secondary N) is 2. The monoisotopic (exact) mass is 255 g/mol. The van der Waals surface area contributed by atoms with Gasteiger partial charge in [-0.15, -0.1) is 0 Å². The van der Waals surface area contributed by atoms with Crippen molar-refractivity contribution in [3.05, 3.63) is 0 Å². The summed E-state index contributed by atoms with van der Waals surface area (Å²) in [6, 6.07) is 0.868. The predicted molar refractivity (Wildman–Crippen MR) is 75.7 cm³/mol. The molecule has 1 amide bonds. The number of carbonyl (C=O) groups excluding carboxylic acids is 1. The van der Waals surface area contributed by atoms with E-state index in [1.807, 2.05) is 7.05 Å². The molecule has 1 aliphatic rings. The van der Waals surface area contributed by atoms with E-state index in [-0.39, 0.29) is 11.9 Å². The molecule has 0 aliphatic carbocycles. The maximum atomic E-state index is 11.9. The summed E-state index contributed by atoms with van der Waals surface area (Å²) < 4.78 is 0. The van der Waals surface area contributed by atoms with Crippen LogP contribution in [0.25, 0.3) is 0 Å². The number of hydrogen-bond donors (Lipinski definition) is 2. The lowest BCUT2D eigenvalue weighted by Gasteiger charge is -2.35. The molecule has 1 saturated heterocycles. The largest absolute Gasteiger partial charge is 0.353 e. The standard InChI is InChI=1S/C14H29N3O/c1-4-12(2)16-14(18)11-17-10-6-5-7-13(17)8-9-15-3/h12-13,15H,4-11H2,1-3H3,(H,16,18). The Morgan fingerprint density at radius 1 is 1.44 bits per heavy atom. The molecule has 0 aromatic heterocycles. The molecule has 1 fully saturated rings. The molecule has 0 aromatic rings. The van der Waals surface area contributed by atoms with Gasteiger partial charge in [0.2, 0.25) is 5.91 Å². The maximum Gasteiger partial charge on any atom is 0.234 e. The van der Waals surface area contributed by atoms with Crippen LogP contribution >= 0.6 is 0 Å². The van der Waals surface area contributed by atoms with Gasteiger partial charge in [-0.25, -0.2) is 0 Å². The SMILES string of the molecule is CCC(C)NC(=O)CN1CCCCC1CCNC. The van der Waals surface area contributed by atoms with Gasteiger partial charge in [0.25, 0.3) is 0 Å².